The molecule has 0 spiro atoms. The second kappa shape index (κ2) is 5.84. The number of benzene rings is 2. The quantitative estimate of drug-likeness (QED) is 0.699. The van der Waals surface area contributed by atoms with E-state index in [9.17, 15) is 13.2 Å². The zero-order valence-corrected chi connectivity index (χ0v) is 11.7. The van der Waals surface area contributed by atoms with Crippen molar-refractivity contribution in [2.45, 2.75) is 6.61 Å². The molecular formula is C13H7BrClF3O. The fourth-order valence-corrected chi connectivity index (χ4v) is 1.98. The fourth-order valence-electron chi connectivity index (χ4n) is 1.45. The number of ether oxygens (including phenoxy) is 1. The Labute approximate surface area is 121 Å². The minimum Gasteiger partial charge on any atom is -0.486 e. The average molecular weight is 352 g/mol. The summed E-state index contributed by atoms with van der Waals surface area (Å²) in [4.78, 5) is 0. The van der Waals surface area contributed by atoms with Crippen molar-refractivity contribution < 1.29 is 17.9 Å². The Morgan fingerprint density at radius 3 is 2.53 bits per heavy atom. The van der Waals surface area contributed by atoms with Crippen LogP contribution in [0.3, 0.4) is 0 Å². The van der Waals surface area contributed by atoms with Crippen molar-refractivity contribution in [2.24, 2.45) is 0 Å². The third-order valence-electron chi connectivity index (χ3n) is 2.43. The van der Waals surface area contributed by atoms with Crippen molar-refractivity contribution in [3.05, 3.63) is 62.8 Å². The number of halogens is 5. The predicted octanol–water partition coefficient (Wildman–Crippen LogP) is 5.10. The van der Waals surface area contributed by atoms with E-state index in [4.69, 9.17) is 16.3 Å². The Morgan fingerprint density at radius 1 is 1.05 bits per heavy atom. The smallest absolute Gasteiger partial charge is 0.183 e. The first-order chi connectivity index (χ1) is 9.00. The normalized spacial score (nSPS) is 10.6. The molecule has 0 saturated carbocycles. The van der Waals surface area contributed by atoms with E-state index in [0.717, 1.165) is 6.07 Å². The van der Waals surface area contributed by atoms with Gasteiger partial charge >= 0.3 is 0 Å². The Bertz CT molecular complexity index is 619. The molecule has 0 aliphatic carbocycles. The van der Waals surface area contributed by atoms with Crippen molar-refractivity contribution in [2.75, 3.05) is 0 Å². The third kappa shape index (κ3) is 3.04. The SMILES string of the molecule is Fc1ccc(Br)c(F)c1COc1cccc(Cl)c1F. The van der Waals surface area contributed by atoms with Gasteiger partial charge < -0.3 is 4.74 Å². The summed E-state index contributed by atoms with van der Waals surface area (Å²) < 4.78 is 45.8. The maximum atomic E-state index is 13.7. The van der Waals surface area contributed by atoms with E-state index in [2.05, 4.69) is 15.9 Å². The van der Waals surface area contributed by atoms with Gasteiger partial charge in [0.05, 0.1) is 15.1 Å². The monoisotopic (exact) mass is 350 g/mol. The van der Waals surface area contributed by atoms with Crippen LogP contribution in [0.5, 0.6) is 5.75 Å². The predicted molar refractivity (Wildman–Crippen MR) is 69.8 cm³/mol. The first-order valence-electron chi connectivity index (χ1n) is 5.20. The van der Waals surface area contributed by atoms with Gasteiger partial charge in [-0.1, -0.05) is 17.7 Å². The van der Waals surface area contributed by atoms with Gasteiger partial charge in [0.15, 0.2) is 11.6 Å². The topological polar surface area (TPSA) is 9.23 Å². The van der Waals surface area contributed by atoms with Crippen LogP contribution < -0.4 is 4.74 Å². The van der Waals surface area contributed by atoms with Crippen LogP contribution in [0.2, 0.25) is 5.02 Å². The summed E-state index contributed by atoms with van der Waals surface area (Å²) >= 11 is 8.51. The van der Waals surface area contributed by atoms with Crippen LogP contribution in [0.25, 0.3) is 0 Å². The summed E-state index contributed by atoms with van der Waals surface area (Å²) in [5.74, 6) is -2.46. The third-order valence-corrected chi connectivity index (χ3v) is 3.33. The van der Waals surface area contributed by atoms with Gasteiger partial charge in [0.25, 0.3) is 0 Å². The molecule has 0 saturated heterocycles. The summed E-state index contributed by atoms with van der Waals surface area (Å²) in [6.45, 7) is -0.436. The lowest BCUT2D eigenvalue weighted by Crippen LogP contribution is -2.03. The lowest BCUT2D eigenvalue weighted by molar-refractivity contribution is 0.278. The number of hydrogen-bond acceptors (Lipinski definition) is 1. The first-order valence-corrected chi connectivity index (χ1v) is 6.37. The summed E-state index contributed by atoms with van der Waals surface area (Å²) in [6, 6.07) is 6.50. The first kappa shape index (κ1) is 14.2. The highest BCUT2D eigenvalue weighted by atomic mass is 79.9. The maximum Gasteiger partial charge on any atom is 0.183 e. The summed E-state index contributed by atoms with van der Waals surface area (Å²) in [5, 5.41) is -0.118. The van der Waals surface area contributed by atoms with E-state index in [0.29, 0.717) is 0 Å². The molecule has 0 bridgehead atoms. The zero-order chi connectivity index (χ0) is 14.0. The van der Waals surface area contributed by atoms with E-state index in [1.54, 1.807) is 0 Å². The molecule has 2 rings (SSSR count). The lowest BCUT2D eigenvalue weighted by atomic mass is 10.2. The minimum atomic E-state index is -0.776. The molecule has 0 unspecified atom stereocenters. The molecule has 2 aromatic rings. The van der Waals surface area contributed by atoms with Gasteiger partial charge in [0.1, 0.15) is 18.2 Å². The highest BCUT2D eigenvalue weighted by molar-refractivity contribution is 9.10. The van der Waals surface area contributed by atoms with Crippen molar-refractivity contribution >= 4 is 27.5 Å². The standard InChI is InChI=1S/C13H7BrClF3O/c14-8-4-5-10(16)7(12(8)17)6-19-11-3-1-2-9(15)13(11)18/h1-5H,6H2. The second-order valence-corrected chi connectivity index (χ2v) is 4.92. The molecule has 0 fully saturated rings. The molecule has 0 radical (unpaired) electrons. The van der Waals surface area contributed by atoms with Gasteiger partial charge in [0, 0.05) is 0 Å². The van der Waals surface area contributed by atoms with E-state index in [-0.39, 0.29) is 20.8 Å². The molecular weight excluding hydrogens is 344 g/mol. The Balaban J connectivity index is 2.24. The molecule has 1 nitrogen and oxygen atoms in total. The fraction of sp³-hybridized carbons (Fsp3) is 0.0769. The van der Waals surface area contributed by atoms with Crippen LogP contribution >= 0.6 is 27.5 Å². The molecule has 100 valence electrons. The van der Waals surface area contributed by atoms with E-state index in [1.165, 1.54) is 24.3 Å². The Hall–Kier alpha value is -1.20. The van der Waals surface area contributed by atoms with Crippen LogP contribution in [0.1, 0.15) is 5.56 Å². The molecule has 6 heteroatoms. The molecule has 0 N–H and O–H groups in total. The second-order valence-electron chi connectivity index (χ2n) is 3.66. The van der Waals surface area contributed by atoms with Crippen molar-refractivity contribution in [1.29, 1.82) is 0 Å². The summed E-state index contributed by atoms with van der Waals surface area (Å²) in [6.07, 6.45) is 0. The molecule has 0 amide bonds. The number of rotatable bonds is 3. The summed E-state index contributed by atoms with van der Waals surface area (Å²) in [7, 11) is 0. The highest BCUT2D eigenvalue weighted by Crippen LogP contribution is 2.27. The maximum absolute atomic E-state index is 13.7. The molecule has 0 atom stereocenters. The van der Waals surface area contributed by atoms with Gasteiger partial charge in [-0.3, -0.25) is 0 Å². The molecule has 0 aliphatic rings. The van der Waals surface area contributed by atoms with Gasteiger partial charge in [0.2, 0.25) is 0 Å². The van der Waals surface area contributed by atoms with Crippen molar-refractivity contribution in [3.8, 4) is 5.75 Å². The van der Waals surface area contributed by atoms with Gasteiger partial charge in [-0.2, -0.15) is 0 Å². The van der Waals surface area contributed by atoms with Crippen LogP contribution in [0, 0.1) is 17.5 Å². The van der Waals surface area contributed by atoms with Crippen LogP contribution in [0.4, 0.5) is 13.2 Å². The zero-order valence-electron chi connectivity index (χ0n) is 9.39. The molecule has 2 aromatic carbocycles. The summed E-state index contributed by atoms with van der Waals surface area (Å²) in [5.41, 5.74) is -0.284. The van der Waals surface area contributed by atoms with Gasteiger partial charge in [-0.25, -0.2) is 13.2 Å². The van der Waals surface area contributed by atoms with Gasteiger partial charge in [-0.15, -0.1) is 0 Å². The van der Waals surface area contributed by atoms with E-state index >= 15 is 0 Å². The van der Waals surface area contributed by atoms with Crippen molar-refractivity contribution in [3.63, 3.8) is 0 Å². The molecule has 0 aromatic heterocycles. The van der Waals surface area contributed by atoms with Crippen LogP contribution in [-0.4, -0.2) is 0 Å². The minimum absolute atomic E-state index is 0.110. The average Bonchev–Trinajstić information content (AvgIpc) is 2.39. The number of hydrogen-bond donors (Lipinski definition) is 0. The van der Waals surface area contributed by atoms with Crippen molar-refractivity contribution in [1.82, 2.24) is 0 Å². The molecule has 0 aliphatic heterocycles. The molecule has 0 heterocycles. The van der Waals surface area contributed by atoms with E-state index in [1.807, 2.05) is 0 Å². The van der Waals surface area contributed by atoms with Crippen LogP contribution in [0.15, 0.2) is 34.8 Å². The largest absolute Gasteiger partial charge is 0.486 e. The van der Waals surface area contributed by atoms with E-state index < -0.39 is 24.1 Å². The molecule has 19 heavy (non-hydrogen) atoms. The van der Waals surface area contributed by atoms with Gasteiger partial charge in [-0.05, 0) is 40.2 Å². The highest BCUT2D eigenvalue weighted by Gasteiger charge is 2.14. The van der Waals surface area contributed by atoms with Crippen LogP contribution in [-0.2, 0) is 6.61 Å². The Morgan fingerprint density at radius 2 is 1.79 bits per heavy atom. The lowest BCUT2D eigenvalue weighted by Gasteiger charge is -2.10. The Kier molecular flexibility index (Phi) is 4.37.